The predicted octanol–water partition coefficient (Wildman–Crippen LogP) is 4.20. The summed E-state index contributed by atoms with van der Waals surface area (Å²) in [5.41, 5.74) is 2.84. The quantitative estimate of drug-likeness (QED) is 0.761. The molecule has 1 aliphatic rings. The van der Waals surface area contributed by atoms with E-state index in [4.69, 9.17) is 0 Å². The molecular weight excluding hydrogens is 394 g/mol. The number of rotatable bonds is 4. The Morgan fingerprint density at radius 1 is 1.12 bits per heavy atom. The van der Waals surface area contributed by atoms with Crippen LogP contribution < -0.4 is 4.90 Å². The molecule has 136 valence electrons. The van der Waals surface area contributed by atoms with Crippen molar-refractivity contribution in [3.63, 3.8) is 0 Å². The normalized spacial score (nSPS) is 19.0. The van der Waals surface area contributed by atoms with E-state index in [9.17, 15) is 14.7 Å². The molecule has 1 atom stereocenters. The van der Waals surface area contributed by atoms with Crippen molar-refractivity contribution in [2.75, 3.05) is 11.4 Å². The summed E-state index contributed by atoms with van der Waals surface area (Å²) in [7, 11) is 0. The highest BCUT2D eigenvalue weighted by Gasteiger charge is 2.50. The van der Waals surface area contributed by atoms with Gasteiger partial charge in [0.15, 0.2) is 11.4 Å². The second-order valence-corrected chi connectivity index (χ2v) is 7.84. The lowest BCUT2D eigenvalue weighted by Crippen LogP contribution is -2.41. The average Bonchev–Trinajstić information content (AvgIpc) is 2.78. The fraction of sp³-hybridized carbons (Fsp3) is 0.333. The lowest BCUT2D eigenvalue weighted by Gasteiger charge is -2.22. The fourth-order valence-electron chi connectivity index (χ4n) is 3.60. The van der Waals surface area contributed by atoms with Crippen LogP contribution in [0.3, 0.4) is 0 Å². The number of nitrogens with zero attached hydrogens (tertiary/aromatic N) is 1. The van der Waals surface area contributed by atoms with Gasteiger partial charge < -0.3 is 10.0 Å². The van der Waals surface area contributed by atoms with Gasteiger partial charge in [-0.2, -0.15) is 0 Å². The molecule has 0 unspecified atom stereocenters. The van der Waals surface area contributed by atoms with Crippen LogP contribution in [0.15, 0.2) is 34.8 Å². The number of halogens is 1. The summed E-state index contributed by atoms with van der Waals surface area (Å²) in [6.45, 7) is 8.12. The van der Waals surface area contributed by atoms with Crippen LogP contribution in [0.2, 0.25) is 0 Å². The van der Waals surface area contributed by atoms with Gasteiger partial charge in [0.1, 0.15) is 0 Å². The first-order chi connectivity index (χ1) is 12.2. The van der Waals surface area contributed by atoms with Crippen molar-refractivity contribution in [2.24, 2.45) is 0 Å². The number of benzene rings is 2. The lowest BCUT2D eigenvalue weighted by molar-refractivity contribution is -0.135. The van der Waals surface area contributed by atoms with Crippen LogP contribution >= 0.6 is 15.9 Å². The second-order valence-electron chi connectivity index (χ2n) is 6.92. The molecule has 4 nitrogen and oxygen atoms in total. The van der Waals surface area contributed by atoms with Gasteiger partial charge in [-0.1, -0.05) is 22.0 Å². The number of anilines is 1. The third kappa shape index (κ3) is 2.89. The highest BCUT2D eigenvalue weighted by Crippen LogP contribution is 2.44. The molecule has 0 saturated carbocycles. The Hall–Kier alpha value is -1.98. The maximum atomic E-state index is 13.0. The topological polar surface area (TPSA) is 57.6 Å². The minimum Gasteiger partial charge on any atom is -0.375 e. The summed E-state index contributed by atoms with van der Waals surface area (Å²) in [6.07, 6.45) is -0.269. The van der Waals surface area contributed by atoms with E-state index in [0.717, 1.165) is 21.2 Å². The molecular formula is C21H22BrNO3. The van der Waals surface area contributed by atoms with E-state index in [1.807, 2.05) is 45.9 Å². The van der Waals surface area contributed by atoms with Gasteiger partial charge in [-0.3, -0.25) is 9.59 Å². The number of Topliss-reactive ketones (excluding diaryl/α,β-unsaturated/α-hetero) is 1. The molecule has 0 radical (unpaired) electrons. The summed E-state index contributed by atoms with van der Waals surface area (Å²) < 4.78 is 0.759. The smallest absolute Gasteiger partial charge is 0.264 e. The van der Waals surface area contributed by atoms with Gasteiger partial charge >= 0.3 is 0 Å². The number of aryl methyl sites for hydroxylation is 3. The first kappa shape index (κ1) is 18.8. The Morgan fingerprint density at radius 2 is 1.77 bits per heavy atom. The minimum absolute atomic E-state index is 0.231. The van der Waals surface area contributed by atoms with Gasteiger partial charge in [0.05, 0.1) is 12.1 Å². The third-order valence-electron chi connectivity index (χ3n) is 5.17. The number of amides is 1. The molecule has 1 N–H and O–H groups in total. The molecule has 1 amide bonds. The molecule has 0 spiro atoms. The fourth-order valence-corrected chi connectivity index (χ4v) is 3.96. The number of aliphatic hydroxyl groups is 1. The molecule has 0 aromatic heterocycles. The van der Waals surface area contributed by atoms with Crippen LogP contribution in [-0.2, 0) is 10.4 Å². The Bertz CT molecular complexity index is 922. The van der Waals surface area contributed by atoms with Crippen LogP contribution in [-0.4, -0.2) is 23.3 Å². The van der Waals surface area contributed by atoms with Crippen molar-refractivity contribution >= 4 is 33.3 Å². The molecule has 2 aromatic carbocycles. The number of carbonyl (C=O) groups is 2. The molecule has 0 saturated heterocycles. The molecule has 3 rings (SSSR count). The lowest BCUT2D eigenvalue weighted by atomic mass is 9.86. The molecule has 0 bridgehead atoms. The predicted molar refractivity (Wildman–Crippen MR) is 106 cm³/mol. The van der Waals surface area contributed by atoms with E-state index in [2.05, 4.69) is 15.9 Å². The van der Waals surface area contributed by atoms with Crippen molar-refractivity contribution in [3.8, 4) is 0 Å². The van der Waals surface area contributed by atoms with Crippen LogP contribution in [0.5, 0.6) is 0 Å². The maximum absolute atomic E-state index is 13.0. The SMILES string of the molecule is CCN1C(=O)[C@@](O)(CC(=O)c2cc(C)c(C)cc2C)c2cc(Br)ccc21. The van der Waals surface area contributed by atoms with Crippen LogP contribution in [0.25, 0.3) is 0 Å². The zero-order chi connectivity index (χ0) is 19.2. The van der Waals surface area contributed by atoms with E-state index in [0.29, 0.717) is 23.4 Å². The molecule has 5 heteroatoms. The first-order valence-electron chi connectivity index (χ1n) is 8.64. The van der Waals surface area contributed by atoms with Gasteiger partial charge in [0.2, 0.25) is 0 Å². The van der Waals surface area contributed by atoms with Crippen LogP contribution in [0, 0.1) is 20.8 Å². The summed E-state index contributed by atoms with van der Waals surface area (Å²) in [4.78, 5) is 27.4. The molecule has 2 aromatic rings. The largest absolute Gasteiger partial charge is 0.375 e. The van der Waals surface area contributed by atoms with E-state index in [1.165, 1.54) is 4.90 Å². The summed E-state index contributed by atoms with van der Waals surface area (Å²) in [5, 5.41) is 11.3. The van der Waals surface area contributed by atoms with Crippen molar-refractivity contribution < 1.29 is 14.7 Å². The number of likely N-dealkylation sites (N-methyl/N-ethyl adjacent to an activating group) is 1. The average molecular weight is 416 g/mol. The molecule has 0 aliphatic carbocycles. The highest BCUT2D eigenvalue weighted by molar-refractivity contribution is 9.10. The number of fused-ring (bicyclic) bond motifs is 1. The first-order valence-corrected chi connectivity index (χ1v) is 9.43. The Morgan fingerprint density at radius 3 is 2.42 bits per heavy atom. The summed E-state index contributed by atoms with van der Waals surface area (Å²) in [6, 6.07) is 9.16. The number of carbonyl (C=O) groups excluding carboxylic acids is 2. The van der Waals surface area contributed by atoms with Gasteiger partial charge in [0, 0.05) is 22.1 Å². The molecule has 1 heterocycles. The summed E-state index contributed by atoms with van der Waals surface area (Å²) >= 11 is 3.39. The highest BCUT2D eigenvalue weighted by atomic mass is 79.9. The van der Waals surface area contributed by atoms with Crippen molar-refractivity contribution in [3.05, 3.63) is 62.6 Å². The van der Waals surface area contributed by atoms with Gasteiger partial charge in [0.25, 0.3) is 5.91 Å². The maximum Gasteiger partial charge on any atom is 0.264 e. The Kier molecular flexibility index (Phi) is 4.80. The molecule has 26 heavy (non-hydrogen) atoms. The van der Waals surface area contributed by atoms with Gasteiger partial charge in [-0.05, 0) is 68.7 Å². The third-order valence-corrected chi connectivity index (χ3v) is 5.66. The monoisotopic (exact) mass is 415 g/mol. The van der Waals surface area contributed by atoms with Crippen molar-refractivity contribution in [1.29, 1.82) is 0 Å². The van der Waals surface area contributed by atoms with Crippen molar-refractivity contribution in [2.45, 2.75) is 39.7 Å². The number of ketones is 1. The zero-order valence-corrected chi connectivity index (χ0v) is 17.0. The number of hydrogen-bond acceptors (Lipinski definition) is 3. The van der Waals surface area contributed by atoms with Crippen LogP contribution in [0.4, 0.5) is 5.69 Å². The van der Waals surface area contributed by atoms with E-state index in [1.54, 1.807) is 12.1 Å². The van der Waals surface area contributed by atoms with Crippen molar-refractivity contribution in [1.82, 2.24) is 0 Å². The second kappa shape index (κ2) is 6.63. The van der Waals surface area contributed by atoms with Crippen LogP contribution in [0.1, 0.15) is 46.0 Å². The van der Waals surface area contributed by atoms with Gasteiger partial charge in [-0.15, -0.1) is 0 Å². The standard InChI is InChI=1S/C21H22BrNO3/c1-5-23-18-7-6-15(22)10-17(18)21(26,20(23)25)11-19(24)16-9-13(3)12(2)8-14(16)4/h6-10,26H,5,11H2,1-4H3/t21-/m1/s1. The van der Waals surface area contributed by atoms with E-state index < -0.39 is 11.5 Å². The minimum atomic E-state index is -1.84. The van der Waals surface area contributed by atoms with E-state index >= 15 is 0 Å². The van der Waals surface area contributed by atoms with E-state index in [-0.39, 0.29) is 12.2 Å². The zero-order valence-electron chi connectivity index (χ0n) is 15.4. The number of hydrogen-bond donors (Lipinski definition) is 1. The Labute approximate surface area is 162 Å². The van der Waals surface area contributed by atoms with Gasteiger partial charge in [-0.25, -0.2) is 0 Å². The molecule has 0 fully saturated rings. The summed E-state index contributed by atoms with van der Waals surface area (Å²) in [5.74, 6) is -0.673. The molecule has 1 aliphatic heterocycles. The Balaban J connectivity index is 2.04.